The molecule has 1 aliphatic heterocycles. The van der Waals surface area contributed by atoms with Gasteiger partial charge < -0.3 is 25.0 Å². The fraction of sp³-hybridized carbons (Fsp3) is 0.344. The third-order valence-electron chi connectivity index (χ3n) is 7.45. The minimum atomic E-state index is -0.671. The average Bonchev–Trinajstić information content (AvgIpc) is 3.56. The van der Waals surface area contributed by atoms with Crippen LogP contribution >= 0.6 is 11.8 Å². The van der Waals surface area contributed by atoms with E-state index in [0.717, 1.165) is 22.4 Å². The van der Waals surface area contributed by atoms with E-state index >= 15 is 0 Å². The molecule has 0 unspecified atom stereocenters. The van der Waals surface area contributed by atoms with Gasteiger partial charge in [-0.3, -0.25) is 14.8 Å². The number of nitrogens with one attached hydrogen (secondary N) is 2. The Hall–Kier alpha value is -4.34. The Kier molecular flexibility index (Phi) is 11.7. The number of phenols is 1. The van der Waals surface area contributed by atoms with Crippen LogP contribution < -0.4 is 10.8 Å². The van der Waals surface area contributed by atoms with Crippen molar-refractivity contribution in [1.29, 1.82) is 0 Å². The van der Waals surface area contributed by atoms with Crippen molar-refractivity contribution in [3.05, 3.63) is 89.5 Å². The Bertz CT molecular complexity index is 1570. The molecule has 46 heavy (non-hydrogen) atoms. The molecule has 0 aliphatic carbocycles. The fourth-order valence-electron chi connectivity index (χ4n) is 4.97. The number of carbonyl (C=O) groups is 2. The summed E-state index contributed by atoms with van der Waals surface area (Å²) >= 11 is 1.45. The minimum Gasteiger partial charge on any atom is -0.508 e. The smallest absolute Gasteiger partial charge is 0.243 e. The molecular weight excluding hydrogens is 612 g/mol. The average molecular weight is 649 g/mol. The van der Waals surface area contributed by atoms with Crippen molar-refractivity contribution in [1.82, 2.24) is 25.7 Å². The molecule has 0 saturated carbocycles. The van der Waals surface area contributed by atoms with Crippen LogP contribution in [0.15, 0.2) is 78.0 Å². The SMILES string of the molecule is O=C(CCCCCC(=O)Nc1ccc([C@@H]2O[C@H](CSc3nnnn3-c3ccc(O)cc3)C[C@H](c3ccc(CO)cc3)O2)cc1)NO. The number of ether oxygens (including phenoxy) is 2. The molecule has 5 rings (SSSR count). The first-order chi connectivity index (χ1) is 22.4. The summed E-state index contributed by atoms with van der Waals surface area (Å²) in [5, 5.41) is 43.3. The van der Waals surface area contributed by atoms with Gasteiger partial charge in [0.25, 0.3) is 0 Å². The van der Waals surface area contributed by atoms with Crippen LogP contribution in [0.3, 0.4) is 0 Å². The number of thioether (sulfide) groups is 1. The molecule has 4 aromatic rings. The summed E-state index contributed by atoms with van der Waals surface area (Å²) in [6.45, 7) is -0.0429. The molecule has 2 amide bonds. The first-order valence-corrected chi connectivity index (χ1v) is 15.9. The van der Waals surface area contributed by atoms with Gasteiger partial charge in [0.1, 0.15) is 5.75 Å². The van der Waals surface area contributed by atoms with Gasteiger partial charge in [0, 0.05) is 36.3 Å². The fourth-order valence-corrected chi connectivity index (χ4v) is 5.87. The monoisotopic (exact) mass is 648 g/mol. The third-order valence-corrected chi connectivity index (χ3v) is 8.50. The van der Waals surface area contributed by atoms with Crippen LogP contribution in [0.25, 0.3) is 5.69 Å². The standard InChI is InChI=1S/C32H36N6O7S/c39-19-21-6-8-22(9-7-21)28-18-27(20-46-32-34-36-37-38(32)25-14-16-26(40)17-15-25)44-31(45-28)23-10-12-24(13-11-23)33-29(41)4-2-1-3-5-30(42)35-43/h6-17,27-28,31,39-40,43H,1-5,18-20H2,(H,33,41)(H,35,42)/t27-,28+,31+/m0/s1. The molecule has 13 nitrogen and oxygen atoms in total. The predicted octanol–water partition coefficient (Wildman–Crippen LogP) is 4.59. The number of anilines is 1. The molecular formula is C32H36N6O7S. The lowest BCUT2D eigenvalue weighted by atomic mass is 10.0. The number of rotatable bonds is 14. The van der Waals surface area contributed by atoms with Gasteiger partial charge in [-0.1, -0.05) is 54.6 Å². The molecule has 0 bridgehead atoms. The Morgan fingerprint density at radius 1 is 0.891 bits per heavy atom. The molecule has 0 spiro atoms. The highest BCUT2D eigenvalue weighted by atomic mass is 32.2. The van der Waals surface area contributed by atoms with E-state index in [-0.39, 0.29) is 36.9 Å². The zero-order valence-corrected chi connectivity index (χ0v) is 25.8. The van der Waals surface area contributed by atoms with E-state index < -0.39 is 12.2 Å². The largest absolute Gasteiger partial charge is 0.508 e. The Balaban J connectivity index is 1.23. The number of nitrogens with zero attached hydrogens (tertiary/aromatic N) is 4. The van der Waals surface area contributed by atoms with Crippen molar-refractivity contribution < 1.29 is 34.5 Å². The Morgan fingerprint density at radius 2 is 1.59 bits per heavy atom. The highest BCUT2D eigenvalue weighted by Gasteiger charge is 2.32. The first-order valence-electron chi connectivity index (χ1n) is 15.0. The lowest BCUT2D eigenvalue weighted by Gasteiger charge is -2.36. The van der Waals surface area contributed by atoms with Crippen molar-refractivity contribution in [2.45, 2.75) is 68.8 Å². The quantitative estimate of drug-likeness (QED) is 0.0558. The summed E-state index contributed by atoms with van der Waals surface area (Å²) in [5.41, 5.74) is 5.54. The number of amides is 2. The number of aliphatic hydroxyl groups excluding tert-OH is 1. The predicted molar refractivity (Wildman–Crippen MR) is 168 cm³/mol. The topological polar surface area (TPSA) is 181 Å². The van der Waals surface area contributed by atoms with E-state index in [0.29, 0.717) is 48.7 Å². The number of unbranched alkanes of at least 4 members (excludes halogenated alkanes) is 2. The summed E-state index contributed by atoms with van der Waals surface area (Å²) in [5.74, 6) is 0.143. The maximum atomic E-state index is 12.4. The van der Waals surface area contributed by atoms with Gasteiger partial charge in [-0.15, -0.1) is 5.10 Å². The number of hydrogen-bond donors (Lipinski definition) is 5. The van der Waals surface area contributed by atoms with Gasteiger partial charge in [-0.25, -0.2) is 5.48 Å². The zero-order chi connectivity index (χ0) is 32.3. The minimum absolute atomic E-state index is 0.0429. The maximum Gasteiger partial charge on any atom is 0.243 e. The molecule has 2 heterocycles. The normalized spacial score (nSPS) is 17.8. The lowest BCUT2D eigenvalue weighted by Crippen LogP contribution is -2.31. The molecule has 3 aromatic carbocycles. The number of aromatic hydroxyl groups is 1. The van der Waals surface area contributed by atoms with Gasteiger partial charge in [-0.2, -0.15) is 4.68 Å². The van der Waals surface area contributed by atoms with Gasteiger partial charge >= 0.3 is 0 Å². The number of hydroxylamine groups is 1. The van der Waals surface area contributed by atoms with E-state index in [1.54, 1.807) is 46.6 Å². The van der Waals surface area contributed by atoms with Crippen LogP contribution in [0.4, 0.5) is 5.69 Å². The van der Waals surface area contributed by atoms with E-state index in [9.17, 15) is 19.8 Å². The van der Waals surface area contributed by atoms with Crippen LogP contribution in [0.2, 0.25) is 0 Å². The summed E-state index contributed by atoms with van der Waals surface area (Å²) in [6.07, 6.45) is 1.89. The van der Waals surface area contributed by atoms with E-state index in [1.165, 1.54) is 11.8 Å². The molecule has 3 atom stereocenters. The van der Waals surface area contributed by atoms with Crippen LogP contribution in [0.5, 0.6) is 5.75 Å². The van der Waals surface area contributed by atoms with Gasteiger partial charge in [0.05, 0.1) is 24.5 Å². The summed E-state index contributed by atoms with van der Waals surface area (Å²) in [7, 11) is 0. The number of phenolic OH excluding ortho intramolecular Hbond substituents is 1. The number of tetrazole rings is 1. The second-order valence-electron chi connectivity index (χ2n) is 10.8. The molecule has 5 N–H and O–H groups in total. The highest BCUT2D eigenvalue weighted by Crippen LogP contribution is 2.39. The van der Waals surface area contributed by atoms with Crippen LogP contribution in [0, 0.1) is 0 Å². The number of aromatic nitrogens is 4. The molecule has 1 aromatic heterocycles. The van der Waals surface area contributed by atoms with Gasteiger partial charge in [0.15, 0.2) is 6.29 Å². The Labute approximate surface area is 269 Å². The van der Waals surface area contributed by atoms with Crippen molar-refractivity contribution in [3.63, 3.8) is 0 Å². The molecule has 242 valence electrons. The third kappa shape index (κ3) is 9.11. The molecule has 1 saturated heterocycles. The summed E-state index contributed by atoms with van der Waals surface area (Å²) in [6, 6.07) is 21.6. The molecule has 1 fully saturated rings. The number of hydrogen-bond acceptors (Lipinski definition) is 11. The summed E-state index contributed by atoms with van der Waals surface area (Å²) in [4.78, 5) is 23.5. The van der Waals surface area contributed by atoms with Crippen molar-refractivity contribution in [2.75, 3.05) is 11.1 Å². The number of aliphatic hydroxyl groups is 1. The van der Waals surface area contributed by atoms with Crippen LogP contribution in [0.1, 0.15) is 67.6 Å². The number of benzene rings is 3. The van der Waals surface area contributed by atoms with Crippen molar-refractivity contribution in [3.8, 4) is 11.4 Å². The van der Waals surface area contributed by atoms with Crippen LogP contribution in [-0.2, 0) is 25.7 Å². The van der Waals surface area contributed by atoms with Gasteiger partial charge in [0.2, 0.25) is 17.0 Å². The van der Waals surface area contributed by atoms with E-state index in [2.05, 4.69) is 20.8 Å². The molecule has 1 aliphatic rings. The van der Waals surface area contributed by atoms with Crippen molar-refractivity contribution in [2.24, 2.45) is 0 Å². The number of carbonyl (C=O) groups excluding carboxylic acids is 2. The molecule has 0 radical (unpaired) electrons. The summed E-state index contributed by atoms with van der Waals surface area (Å²) < 4.78 is 14.5. The van der Waals surface area contributed by atoms with Gasteiger partial charge in [-0.05, 0) is 70.8 Å². The second kappa shape index (κ2) is 16.3. The molecule has 14 heteroatoms. The van der Waals surface area contributed by atoms with E-state index in [1.807, 2.05) is 36.4 Å². The first kappa shape index (κ1) is 33.0. The maximum absolute atomic E-state index is 12.4. The second-order valence-corrected chi connectivity index (χ2v) is 11.8. The Morgan fingerprint density at radius 3 is 2.28 bits per heavy atom. The van der Waals surface area contributed by atoms with Crippen LogP contribution in [-0.4, -0.2) is 59.3 Å². The lowest BCUT2D eigenvalue weighted by molar-refractivity contribution is -0.245. The van der Waals surface area contributed by atoms with Crippen molar-refractivity contribution >= 4 is 29.3 Å². The zero-order valence-electron chi connectivity index (χ0n) is 25.0. The highest BCUT2D eigenvalue weighted by molar-refractivity contribution is 7.99. The van der Waals surface area contributed by atoms with E-state index in [4.69, 9.17) is 14.7 Å².